The van der Waals surface area contributed by atoms with Crippen LogP contribution in [0.4, 0.5) is 5.95 Å². The molecule has 6 N–H and O–H groups in total. The minimum atomic E-state index is -0.553. The van der Waals surface area contributed by atoms with E-state index in [1.807, 2.05) is 0 Å². The molecule has 0 aliphatic rings. The molecular weight excluding hydrogens is 474 g/mol. The van der Waals surface area contributed by atoms with Crippen molar-refractivity contribution in [3.8, 4) is 11.5 Å². The van der Waals surface area contributed by atoms with E-state index in [0.29, 0.717) is 39.2 Å². The number of amides is 1. The molecule has 11 heteroatoms. The highest BCUT2D eigenvalue weighted by Crippen LogP contribution is 2.42. The maximum absolute atomic E-state index is 12.2. The molecule has 0 bridgehead atoms. The van der Waals surface area contributed by atoms with Gasteiger partial charge in [-0.05, 0) is 37.9 Å². The third-order valence-electron chi connectivity index (χ3n) is 3.50. The lowest BCUT2D eigenvalue weighted by Crippen LogP contribution is -2.33. The van der Waals surface area contributed by atoms with Crippen LogP contribution < -0.4 is 15.8 Å². The number of nitrogen functional groups attached to an aromatic ring is 1. The van der Waals surface area contributed by atoms with E-state index < -0.39 is 5.91 Å². The predicted molar refractivity (Wildman–Crippen MR) is 103 cm³/mol. The molecule has 0 radical (unpaired) electrons. The van der Waals surface area contributed by atoms with Crippen molar-refractivity contribution in [2.45, 2.75) is 12.8 Å². The SMILES string of the molecule is COc1c(Br)cc(CC(=NO)C(=O)NCCc2cnc(N)[nH]2)c(O)c1Br. The molecular formula is C15H17Br2N5O4. The summed E-state index contributed by atoms with van der Waals surface area (Å²) in [6, 6.07) is 1.59. The van der Waals surface area contributed by atoms with Gasteiger partial charge in [0.05, 0.1) is 17.8 Å². The number of phenols is 1. The van der Waals surface area contributed by atoms with Gasteiger partial charge in [0.1, 0.15) is 15.9 Å². The quantitative estimate of drug-likeness (QED) is 0.228. The number of aromatic amines is 1. The summed E-state index contributed by atoms with van der Waals surface area (Å²) in [5.74, 6) is 0.0569. The first-order chi connectivity index (χ1) is 12.4. The van der Waals surface area contributed by atoms with E-state index in [0.717, 1.165) is 5.69 Å². The number of nitrogens with one attached hydrogen (secondary N) is 2. The average Bonchev–Trinajstić information content (AvgIpc) is 3.02. The number of H-pyrrole nitrogens is 1. The highest BCUT2D eigenvalue weighted by Gasteiger charge is 2.20. The second-order valence-corrected chi connectivity index (χ2v) is 6.88. The molecule has 0 unspecified atom stereocenters. The zero-order chi connectivity index (χ0) is 19.3. The molecule has 0 saturated heterocycles. The van der Waals surface area contributed by atoms with E-state index in [2.05, 4.69) is 52.3 Å². The van der Waals surface area contributed by atoms with Crippen LogP contribution in [-0.2, 0) is 17.6 Å². The summed E-state index contributed by atoms with van der Waals surface area (Å²) in [6.07, 6.45) is 1.98. The number of oxime groups is 1. The van der Waals surface area contributed by atoms with Crippen molar-refractivity contribution in [1.29, 1.82) is 0 Å². The third kappa shape index (κ3) is 4.67. The molecule has 1 aromatic carbocycles. The number of benzene rings is 1. The van der Waals surface area contributed by atoms with Crippen molar-refractivity contribution in [1.82, 2.24) is 15.3 Å². The first kappa shape index (κ1) is 20.0. The maximum atomic E-state index is 12.2. The van der Waals surface area contributed by atoms with Crippen LogP contribution in [0, 0.1) is 0 Å². The number of nitrogens with zero attached hydrogens (tertiary/aromatic N) is 2. The largest absolute Gasteiger partial charge is 0.506 e. The minimum Gasteiger partial charge on any atom is -0.506 e. The van der Waals surface area contributed by atoms with Crippen molar-refractivity contribution in [2.24, 2.45) is 5.16 Å². The molecule has 1 heterocycles. The Kier molecular flexibility index (Phi) is 6.86. The van der Waals surface area contributed by atoms with Crippen molar-refractivity contribution in [3.05, 3.63) is 32.5 Å². The zero-order valence-corrected chi connectivity index (χ0v) is 16.9. The lowest BCUT2D eigenvalue weighted by molar-refractivity contribution is -0.115. The van der Waals surface area contributed by atoms with Crippen LogP contribution in [0.25, 0.3) is 0 Å². The summed E-state index contributed by atoms with van der Waals surface area (Å²) >= 11 is 6.56. The number of anilines is 1. The van der Waals surface area contributed by atoms with Crippen LogP contribution >= 0.6 is 31.9 Å². The number of carbonyl (C=O) groups is 1. The number of carbonyl (C=O) groups excluding carboxylic acids is 1. The van der Waals surface area contributed by atoms with E-state index in [1.165, 1.54) is 7.11 Å². The van der Waals surface area contributed by atoms with Gasteiger partial charge >= 0.3 is 0 Å². The summed E-state index contributed by atoms with van der Waals surface area (Å²) in [7, 11) is 1.46. The number of rotatable bonds is 7. The van der Waals surface area contributed by atoms with Gasteiger partial charge < -0.3 is 31.1 Å². The third-order valence-corrected chi connectivity index (χ3v) is 4.83. The number of aromatic nitrogens is 2. The Hall–Kier alpha value is -2.27. The Morgan fingerprint density at radius 2 is 2.23 bits per heavy atom. The number of halogens is 2. The van der Waals surface area contributed by atoms with Crippen molar-refractivity contribution < 1.29 is 19.8 Å². The van der Waals surface area contributed by atoms with E-state index in [-0.39, 0.29) is 17.9 Å². The highest BCUT2D eigenvalue weighted by atomic mass is 79.9. The Labute approximate surface area is 165 Å². The van der Waals surface area contributed by atoms with Crippen LogP contribution in [0.1, 0.15) is 11.3 Å². The number of aromatic hydroxyl groups is 1. The average molecular weight is 491 g/mol. The van der Waals surface area contributed by atoms with Gasteiger partial charge in [0.25, 0.3) is 5.91 Å². The van der Waals surface area contributed by atoms with Gasteiger partial charge in [-0.3, -0.25) is 4.79 Å². The maximum Gasteiger partial charge on any atom is 0.269 e. The molecule has 0 spiro atoms. The fourth-order valence-corrected chi connectivity index (χ4v) is 3.75. The number of hydrogen-bond acceptors (Lipinski definition) is 7. The fraction of sp³-hybridized carbons (Fsp3) is 0.267. The molecule has 0 aliphatic carbocycles. The van der Waals surface area contributed by atoms with Gasteiger partial charge in [-0.1, -0.05) is 5.16 Å². The molecule has 0 aliphatic heterocycles. The zero-order valence-electron chi connectivity index (χ0n) is 13.7. The molecule has 0 saturated carbocycles. The number of hydrogen-bond donors (Lipinski definition) is 5. The fourth-order valence-electron chi connectivity index (χ4n) is 2.22. The summed E-state index contributed by atoms with van der Waals surface area (Å²) in [5, 5.41) is 25.1. The monoisotopic (exact) mass is 489 g/mol. The second kappa shape index (κ2) is 8.90. The minimum absolute atomic E-state index is 0.0770. The van der Waals surface area contributed by atoms with Gasteiger partial charge in [0.15, 0.2) is 11.7 Å². The first-order valence-corrected chi connectivity index (χ1v) is 8.98. The van der Waals surface area contributed by atoms with Crippen molar-refractivity contribution in [2.75, 3.05) is 19.4 Å². The van der Waals surface area contributed by atoms with Crippen molar-refractivity contribution >= 4 is 49.4 Å². The number of imidazole rings is 1. The molecule has 1 aromatic heterocycles. The summed E-state index contributed by atoms with van der Waals surface area (Å²) in [5.41, 5.74) is 6.49. The van der Waals surface area contributed by atoms with E-state index in [4.69, 9.17) is 10.5 Å². The van der Waals surface area contributed by atoms with Crippen LogP contribution in [0.15, 0.2) is 26.4 Å². The van der Waals surface area contributed by atoms with E-state index in [9.17, 15) is 15.1 Å². The molecule has 1 amide bonds. The molecule has 2 aromatic rings. The van der Waals surface area contributed by atoms with Gasteiger partial charge in [-0.25, -0.2) is 4.98 Å². The standard InChI is InChI=1S/C15H17Br2N5O4/c1-26-13-9(16)4-7(12(23)11(13)17)5-10(22-25)14(24)19-3-2-8-6-20-15(18)21-8/h4,6,23,25H,2-3,5H2,1H3,(H,19,24)(H3,18,20,21). The smallest absolute Gasteiger partial charge is 0.269 e. The second-order valence-electron chi connectivity index (χ2n) is 5.24. The Bertz CT molecular complexity index is 838. The Balaban J connectivity index is 2.03. The summed E-state index contributed by atoms with van der Waals surface area (Å²) in [4.78, 5) is 18.9. The van der Waals surface area contributed by atoms with Gasteiger partial charge in [-0.15, -0.1) is 0 Å². The molecule has 9 nitrogen and oxygen atoms in total. The predicted octanol–water partition coefficient (Wildman–Crippen LogP) is 1.96. The van der Waals surface area contributed by atoms with Crippen LogP contribution in [0.2, 0.25) is 0 Å². The van der Waals surface area contributed by atoms with E-state index in [1.54, 1.807) is 12.3 Å². The van der Waals surface area contributed by atoms with Crippen molar-refractivity contribution in [3.63, 3.8) is 0 Å². The first-order valence-electron chi connectivity index (χ1n) is 7.39. The number of methoxy groups -OCH3 is 1. The normalized spacial score (nSPS) is 11.4. The number of nitrogens with two attached hydrogens (primary N) is 1. The Morgan fingerprint density at radius 3 is 2.81 bits per heavy atom. The summed E-state index contributed by atoms with van der Waals surface area (Å²) in [6.45, 7) is 0.293. The lowest BCUT2D eigenvalue weighted by atomic mass is 10.1. The molecule has 0 atom stereocenters. The van der Waals surface area contributed by atoms with Crippen LogP contribution in [-0.4, -0.2) is 45.6 Å². The van der Waals surface area contributed by atoms with Crippen LogP contribution in [0.5, 0.6) is 11.5 Å². The molecule has 26 heavy (non-hydrogen) atoms. The van der Waals surface area contributed by atoms with Gasteiger partial charge in [0, 0.05) is 30.6 Å². The number of phenolic OH excluding ortho intramolecular Hbond substituents is 1. The molecule has 0 fully saturated rings. The van der Waals surface area contributed by atoms with Gasteiger partial charge in [-0.2, -0.15) is 0 Å². The highest BCUT2D eigenvalue weighted by molar-refractivity contribution is 9.11. The molecule has 140 valence electrons. The number of ether oxygens (including phenoxy) is 1. The molecule has 2 rings (SSSR count). The van der Waals surface area contributed by atoms with E-state index >= 15 is 0 Å². The Morgan fingerprint density at radius 1 is 1.50 bits per heavy atom. The van der Waals surface area contributed by atoms with Gasteiger partial charge in [0.2, 0.25) is 0 Å². The van der Waals surface area contributed by atoms with Crippen LogP contribution in [0.3, 0.4) is 0 Å². The topological polar surface area (TPSA) is 146 Å². The lowest BCUT2D eigenvalue weighted by Gasteiger charge is -2.13. The summed E-state index contributed by atoms with van der Waals surface area (Å²) < 4.78 is 6.07.